The van der Waals surface area contributed by atoms with Crippen molar-refractivity contribution in [2.45, 2.75) is 5.92 Å². The number of aliphatic hydroxyl groups is 1. The number of anilines is 1. The van der Waals surface area contributed by atoms with Crippen molar-refractivity contribution >= 4 is 29.0 Å². The van der Waals surface area contributed by atoms with Crippen LogP contribution >= 0.6 is 23.2 Å². The van der Waals surface area contributed by atoms with Crippen LogP contribution in [0.5, 0.6) is 0 Å². The fourth-order valence-electron chi connectivity index (χ4n) is 0.675. The number of hydrogen-bond donors (Lipinski definition) is 2. The Bertz CT molecular complexity index is 352. The predicted molar refractivity (Wildman–Crippen MR) is 50.4 cm³/mol. The van der Waals surface area contributed by atoms with Crippen LogP contribution in [0.3, 0.4) is 0 Å². The molecule has 0 bridgehead atoms. The number of hydrogen-bond acceptors (Lipinski definition) is 5. The zero-order valence-electron chi connectivity index (χ0n) is 7.21. The molecule has 0 aliphatic heterocycles. The fraction of sp³-hybridized carbons (Fsp3) is 0.500. The molecular formula is C6H6Cl2F2N4O. The van der Waals surface area contributed by atoms with E-state index in [0.717, 1.165) is 0 Å². The van der Waals surface area contributed by atoms with Gasteiger partial charge < -0.3 is 10.4 Å². The van der Waals surface area contributed by atoms with Crippen LogP contribution in [0.25, 0.3) is 0 Å². The predicted octanol–water partition coefficient (Wildman–Crippen LogP) is 1.22. The first kappa shape index (κ1) is 12.3. The topological polar surface area (TPSA) is 70.9 Å². The van der Waals surface area contributed by atoms with Gasteiger partial charge in [0.1, 0.15) is 6.61 Å². The summed E-state index contributed by atoms with van der Waals surface area (Å²) in [5.41, 5.74) is 0. The Hall–Kier alpha value is -0.790. The van der Waals surface area contributed by atoms with E-state index < -0.39 is 19.1 Å². The SMILES string of the molecule is OCC(F)(F)CNc1nc(Cl)nnc1Cl. The lowest BCUT2D eigenvalue weighted by Crippen LogP contribution is -2.31. The van der Waals surface area contributed by atoms with Gasteiger partial charge >= 0.3 is 0 Å². The summed E-state index contributed by atoms with van der Waals surface area (Å²) in [7, 11) is 0. The van der Waals surface area contributed by atoms with Crippen LogP contribution in [-0.2, 0) is 0 Å². The van der Waals surface area contributed by atoms with E-state index in [1.54, 1.807) is 0 Å². The Morgan fingerprint density at radius 2 is 2.00 bits per heavy atom. The third-order valence-corrected chi connectivity index (χ3v) is 1.78. The van der Waals surface area contributed by atoms with E-state index >= 15 is 0 Å². The largest absolute Gasteiger partial charge is 0.390 e. The summed E-state index contributed by atoms with van der Waals surface area (Å²) in [5.74, 6) is -3.37. The van der Waals surface area contributed by atoms with Gasteiger partial charge in [-0.3, -0.25) is 0 Å². The lowest BCUT2D eigenvalue weighted by molar-refractivity contribution is -0.0373. The van der Waals surface area contributed by atoms with Crippen LogP contribution in [0, 0.1) is 0 Å². The van der Waals surface area contributed by atoms with Crippen molar-refractivity contribution in [3.05, 3.63) is 10.4 Å². The molecule has 0 aliphatic rings. The van der Waals surface area contributed by atoms with Crippen molar-refractivity contribution in [3.63, 3.8) is 0 Å². The van der Waals surface area contributed by atoms with Crippen molar-refractivity contribution < 1.29 is 13.9 Å². The molecule has 0 unspecified atom stereocenters. The highest BCUT2D eigenvalue weighted by Crippen LogP contribution is 2.19. The average Bonchev–Trinajstić information content (AvgIpc) is 2.20. The number of halogens is 4. The van der Waals surface area contributed by atoms with Gasteiger partial charge in [0.25, 0.3) is 5.92 Å². The van der Waals surface area contributed by atoms with Gasteiger partial charge in [0, 0.05) is 0 Å². The molecule has 0 spiro atoms. The lowest BCUT2D eigenvalue weighted by atomic mass is 10.3. The van der Waals surface area contributed by atoms with Crippen LogP contribution < -0.4 is 5.32 Å². The fourth-order valence-corrected chi connectivity index (χ4v) is 0.944. The first-order valence-electron chi connectivity index (χ1n) is 3.73. The first-order chi connectivity index (χ1) is 6.94. The zero-order valence-corrected chi connectivity index (χ0v) is 8.73. The molecule has 84 valence electrons. The van der Waals surface area contributed by atoms with Gasteiger partial charge in [-0.25, -0.2) is 8.78 Å². The van der Waals surface area contributed by atoms with Gasteiger partial charge in [-0.15, -0.1) is 10.2 Å². The summed E-state index contributed by atoms with van der Waals surface area (Å²) in [6.45, 7) is -2.10. The van der Waals surface area contributed by atoms with E-state index in [-0.39, 0.29) is 16.3 Å². The maximum Gasteiger partial charge on any atom is 0.287 e. The number of aromatic nitrogens is 3. The minimum Gasteiger partial charge on any atom is -0.390 e. The van der Waals surface area contributed by atoms with Crippen molar-refractivity contribution in [2.75, 3.05) is 18.5 Å². The van der Waals surface area contributed by atoms with Gasteiger partial charge in [-0.05, 0) is 11.6 Å². The Morgan fingerprint density at radius 3 is 2.60 bits per heavy atom. The minimum atomic E-state index is -3.26. The molecule has 0 amide bonds. The average molecular weight is 259 g/mol. The number of nitrogens with zero attached hydrogens (tertiary/aromatic N) is 3. The highest BCUT2D eigenvalue weighted by molar-refractivity contribution is 6.32. The van der Waals surface area contributed by atoms with Crippen LogP contribution in [-0.4, -0.2) is 39.4 Å². The maximum atomic E-state index is 12.6. The molecule has 2 N–H and O–H groups in total. The second kappa shape index (κ2) is 4.82. The van der Waals surface area contributed by atoms with Gasteiger partial charge in [-0.2, -0.15) is 4.98 Å². The molecular weight excluding hydrogens is 253 g/mol. The van der Waals surface area contributed by atoms with Crippen molar-refractivity contribution in [2.24, 2.45) is 0 Å². The van der Waals surface area contributed by atoms with Crippen molar-refractivity contribution in [1.29, 1.82) is 0 Å². The van der Waals surface area contributed by atoms with Crippen LogP contribution in [0.1, 0.15) is 0 Å². The van der Waals surface area contributed by atoms with Gasteiger partial charge in [0.15, 0.2) is 11.0 Å². The summed E-state index contributed by atoms with van der Waals surface area (Å²) in [6.07, 6.45) is 0. The van der Waals surface area contributed by atoms with E-state index in [2.05, 4.69) is 20.5 Å². The van der Waals surface area contributed by atoms with Crippen LogP contribution in [0.15, 0.2) is 0 Å². The van der Waals surface area contributed by atoms with Gasteiger partial charge in [-0.1, -0.05) is 11.6 Å². The summed E-state index contributed by atoms with van der Waals surface area (Å²) in [6, 6.07) is 0. The molecule has 0 radical (unpaired) electrons. The molecule has 9 heteroatoms. The van der Waals surface area contributed by atoms with E-state index in [4.69, 9.17) is 28.3 Å². The Balaban J connectivity index is 2.69. The van der Waals surface area contributed by atoms with E-state index in [9.17, 15) is 8.78 Å². The highest BCUT2D eigenvalue weighted by atomic mass is 35.5. The summed E-state index contributed by atoms with van der Waals surface area (Å²) >= 11 is 10.9. The quantitative estimate of drug-likeness (QED) is 0.850. The first-order valence-corrected chi connectivity index (χ1v) is 4.48. The molecule has 1 heterocycles. The third kappa shape index (κ3) is 3.69. The smallest absolute Gasteiger partial charge is 0.287 e. The van der Waals surface area contributed by atoms with Gasteiger partial charge in [0.05, 0.1) is 6.54 Å². The van der Waals surface area contributed by atoms with Crippen LogP contribution in [0.2, 0.25) is 10.4 Å². The monoisotopic (exact) mass is 258 g/mol. The molecule has 1 aromatic rings. The Kier molecular flexibility index (Phi) is 3.95. The third-order valence-electron chi connectivity index (χ3n) is 1.37. The number of aliphatic hydroxyl groups excluding tert-OH is 1. The molecule has 0 saturated carbocycles. The Labute approximate surface area is 93.4 Å². The molecule has 5 nitrogen and oxygen atoms in total. The number of rotatable bonds is 4. The minimum absolute atomic E-state index is 0.107. The molecule has 15 heavy (non-hydrogen) atoms. The normalized spacial score (nSPS) is 11.5. The van der Waals surface area contributed by atoms with E-state index in [0.29, 0.717) is 0 Å². The summed E-state index contributed by atoms with van der Waals surface area (Å²) < 4.78 is 25.2. The number of alkyl halides is 2. The van der Waals surface area contributed by atoms with Crippen molar-refractivity contribution in [3.8, 4) is 0 Å². The zero-order chi connectivity index (χ0) is 11.5. The molecule has 0 saturated heterocycles. The second-order valence-corrected chi connectivity index (χ2v) is 3.28. The van der Waals surface area contributed by atoms with Gasteiger partial charge in [0.2, 0.25) is 5.28 Å². The lowest BCUT2D eigenvalue weighted by Gasteiger charge is -2.14. The van der Waals surface area contributed by atoms with Crippen LogP contribution in [0.4, 0.5) is 14.6 Å². The van der Waals surface area contributed by atoms with E-state index in [1.807, 2.05) is 0 Å². The second-order valence-electron chi connectivity index (χ2n) is 2.59. The van der Waals surface area contributed by atoms with E-state index in [1.165, 1.54) is 0 Å². The molecule has 0 aliphatic carbocycles. The molecule has 0 fully saturated rings. The molecule has 1 aromatic heterocycles. The number of nitrogens with one attached hydrogen (secondary N) is 1. The summed E-state index contributed by atoms with van der Waals surface area (Å²) in [5, 5.41) is 16.8. The highest BCUT2D eigenvalue weighted by Gasteiger charge is 2.27. The Morgan fingerprint density at radius 1 is 1.33 bits per heavy atom. The maximum absolute atomic E-state index is 12.6. The standard InChI is InChI=1S/C6H6Cl2F2N4O/c7-3-4(12-5(8)14-13-3)11-1-6(9,10)2-15/h15H,1-2H2,(H,11,12,14). The van der Waals surface area contributed by atoms with Crippen molar-refractivity contribution in [1.82, 2.24) is 15.2 Å². The summed E-state index contributed by atoms with van der Waals surface area (Å²) in [4.78, 5) is 3.54. The molecule has 1 rings (SSSR count). The molecule has 0 aromatic carbocycles. The molecule has 0 atom stereocenters.